The van der Waals surface area contributed by atoms with E-state index in [4.69, 9.17) is 9.97 Å². The zero-order chi connectivity index (χ0) is 20.5. The highest BCUT2D eigenvalue weighted by Crippen LogP contribution is 2.34. The van der Waals surface area contributed by atoms with E-state index in [-0.39, 0.29) is 12.4 Å². The second kappa shape index (κ2) is 8.09. The third-order valence-corrected chi connectivity index (χ3v) is 5.92. The van der Waals surface area contributed by atoms with Crippen LogP contribution in [0.2, 0.25) is 0 Å². The van der Waals surface area contributed by atoms with Gasteiger partial charge in [-0.05, 0) is 87.7 Å². The first-order valence-corrected chi connectivity index (χ1v) is 10.4. The Morgan fingerprint density at radius 3 is 2.69 bits per heavy atom. The van der Waals surface area contributed by atoms with Crippen LogP contribution in [0.15, 0.2) is 30.3 Å². The number of likely N-dealkylation sites (tertiary alicyclic amines) is 1. The number of aliphatic hydroxyl groups is 1. The Morgan fingerprint density at radius 2 is 1.97 bits per heavy atom. The quantitative estimate of drug-likeness (QED) is 0.704. The molecule has 2 N–H and O–H groups in total. The topological polar surface area (TPSA) is 69.5 Å². The Kier molecular flexibility index (Phi) is 5.52. The average molecular weight is 392 g/mol. The Hall–Kier alpha value is -2.50. The molecule has 1 atom stereocenters. The van der Waals surface area contributed by atoms with Gasteiger partial charge in [-0.25, -0.2) is 9.97 Å². The summed E-state index contributed by atoms with van der Waals surface area (Å²) in [5.41, 5.74) is 6.34. The van der Waals surface area contributed by atoms with Crippen LogP contribution < -0.4 is 0 Å². The molecule has 0 saturated carbocycles. The summed E-state index contributed by atoms with van der Waals surface area (Å²) in [7, 11) is 2.15. The first-order chi connectivity index (χ1) is 14.0. The highest BCUT2D eigenvalue weighted by molar-refractivity contribution is 5.83. The van der Waals surface area contributed by atoms with Gasteiger partial charge in [0.2, 0.25) is 0 Å². The number of aryl methyl sites for hydroxylation is 2. The van der Waals surface area contributed by atoms with Gasteiger partial charge in [-0.3, -0.25) is 0 Å². The van der Waals surface area contributed by atoms with E-state index in [0.717, 1.165) is 58.5 Å². The van der Waals surface area contributed by atoms with Crippen molar-refractivity contribution in [2.24, 2.45) is 0 Å². The van der Waals surface area contributed by atoms with Crippen molar-refractivity contribution in [3.8, 4) is 17.0 Å². The Balaban J connectivity index is 1.85. The normalized spacial score (nSPS) is 17.7. The SMILES string of the molecule is Cc1cc(C)c(-c2ccc3c(CCO)cc([C@@H]4CCCN(C)C4)nc3n2)c(O)c1. The second-order valence-electron chi connectivity index (χ2n) is 8.32. The minimum atomic E-state index is 0.0999. The van der Waals surface area contributed by atoms with Gasteiger partial charge in [-0.15, -0.1) is 0 Å². The van der Waals surface area contributed by atoms with Crippen molar-refractivity contribution in [1.29, 1.82) is 0 Å². The number of fused-ring (bicyclic) bond motifs is 1. The summed E-state index contributed by atoms with van der Waals surface area (Å²) in [5.74, 6) is 0.630. The first-order valence-electron chi connectivity index (χ1n) is 10.4. The predicted molar refractivity (Wildman–Crippen MR) is 116 cm³/mol. The van der Waals surface area contributed by atoms with Crippen molar-refractivity contribution in [1.82, 2.24) is 14.9 Å². The number of aromatic hydroxyl groups is 1. The Bertz CT molecular complexity index is 1020. The van der Waals surface area contributed by atoms with E-state index in [1.54, 1.807) is 6.07 Å². The number of hydrogen-bond acceptors (Lipinski definition) is 5. The number of aliphatic hydroxyl groups excluding tert-OH is 1. The maximum Gasteiger partial charge on any atom is 0.160 e. The molecule has 152 valence electrons. The van der Waals surface area contributed by atoms with Crippen molar-refractivity contribution < 1.29 is 10.2 Å². The zero-order valence-corrected chi connectivity index (χ0v) is 17.4. The third kappa shape index (κ3) is 3.98. The second-order valence-corrected chi connectivity index (χ2v) is 8.32. The number of nitrogens with zero attached hydrogens (tertiary/aromatic N) is 3. The van der Waals surface area contributed by atoms with Crippen LogP contribution in [0.1, 0.15) is 41.1 Å². The average Bonchev–Trinajstić information content (AvgIpc) is 2.67. The lowest BCUT2D eigenvalue weighted by atomic mass is 9.92. The van der Waals surface area contributed by atoms with Gasteiger partial charge in [0.05, 0.1) is 5.69 Å². The molecule has 0 radical (unpaired) electrons. The standard InChI is InChI=1S/C24H29N3O2/c1-15-11-16(2)23(22(29)12-15)20-7-6-19-17(8-10-28)13-21(26-24(19)25-20)18-5-4-9-27(3)14-18/h6-7,11-13,18,28-29H,4-5,8-10,14H2,1-3H3/t18-/m1/s1. The number of likely N-dealkylation sites (N-methyl/N-ethyl adjacent to an activating group) is 1. The maximum absolute atomic E-state index is 10.5. The molecule has 0 amide bonds. The third-order valence-electron chi connectivity index (χ3n) is 5.92. The van der Waals surface area contributed by atoms with Crippen LogP contribution in [-0.2, 0) is 6.42 Å². The van der Waals surface area contributed by atoms with Gasteiger partial charge in [0.1, 0.15) is 5.75 Å². The van der Waals surface area contributed by atoms with Crippen LogP contribution in [-0.4, -0.2) is 51.8 Å². The van der Waals surface area contributed by atoms with Crippen molar-refractivity contribution in [2.75, 3.05) is 26.7 Å². The smallest absolute Gasteiger partial charge is 0.160 e. The van der Waals surface area contributed by atoms with E-state index >= 15 is 0 Å². The van der Waals surface area contributed by atoms with Gasteiger partial charge in [0.15, 0.2) is 5.65 Å². The minimum Gasteiger partial charge on any atom is -0.507 e. The predicted octanol–water partition coefficient (Wildman–Crippen LogP) is 3.96. The largest absolute Gasteiger partial charge is 0.507 e. The number of hydrogen-bond donors (Lipinski definition) is 2. The van der Waals surface area contributed by atoms with Crippen LogP contribution in [0.4, 0.5) is 0 Å². The number of phenolic OH excluding ortho intramolecular Hbond substituents is 1. The fourth-order valence-electron chi connectivity index (χ4n) is 4.56. The van der Waals surface area contributed by atoms with Gasteiger partial charge in [0, 0.05) is 35.7 Å². The molecule has 3 heterocycles. The fraction of sp³-hybridized carbons (Fsp3) is 0.417. The summed E-state index contributed by atoms with van der Waals surface area (Å²) in [5, 5.41) is 21.1. The number of aromatic nitrogens is 2. The maximum atomic E-state index is 10.5. The lowest BCUT2D eigenvalue weighted by molar-refractivity contribution is 0.248. The molecule has 5 heteroatoms. The molecule has 0 spiro atoms. The van der Waals surface area contributed by atoms with Crippen LogP contribution >= 0.6 is 0 Å². The summed E-state index contributed by atoms with van der Waals surface area (Å²) >= 11 is 0. The number of phenols is 1. The van der Waals surface area contributed by atoms with E-state index in [9.17, 15) is 10.2 Å². The number of rotatable bonds is 4. The molecule has 29 heavy (non-hydrogen) atoms. The van der Waals surface area contributed by atoms with Crippen LogP contribution in [0.5, 0.6) is 5.75 Å². The fourth-order valence-corrected chi connectivity index (χ4v) is 4.56. The minimum absolute atomic E-state index is 0.0999. The molecule has 1 fully saturated rings. The van der Waals surface area contributed by atoms with E-state index in [2.05, 4.69) is 24.1 Å². The molecule has 0 aliphatic carbocycles. The van der Waals surface area contributed by atoms with Gasteiger partial charge < -0.3 is 15.1 Å². The monoisotopic (exact) mass is 391 g/mol. The van der Waals surface area contributed by atoms with Crippen LogP contribution in [0, 0.1) is 13.8 Å². The number of benzene rings is 1. The first kappa shape index (κ1) is 19.8. The van der Waals surface area contributed by atoms with Gasteiger partial charge in [-0.1, -0.05) is 6.07 Å². The molecular weight excluding hydrogens is 362 g/mol. The van der Waals surface area contributed by atoms with Gasteiger partial charge >= 0.3 is 0 Å². The number of piperidine rings is 1. The zero-order valence-electron chi connectivity index (χ0n) is 17.4. The molecule has 1 aromatic carbocycles. The van der Waals surface area contributed by atoms with Crippen LogP contribution in [0.25, 0.3) is 22.3 Å². The lowest BCUT2D eigenvalue weighted by Crippen LogP contribution is -2.31. The molecule has 5 nitrogen and oxygen atoms in total. The molecule has 1 aliphatic heterocycles. The summed E-state index contributed by atoms with van der Waals surface area (Å²) in [4.78, 5) is 12.1. The van der Waals surface area contributed by atoms with Crippen molar-refractivity contribution in [3.05, 3.63) is 52.7 Å². The van der Waals surface area contributed by atoms with Crippen LogP contribution in [0.3, 0.4) is 0 Å². The Labute approximate surface area is 172 Å². The van der Waals surface area contributed by atoms with Crippen molar-refractivity contribution >= 4 is 11.0 Å². The van der Waals surface area contributed by atoms with Crippen molar-refractivity contribution in [2.45, 2.75) is 39.0 Å². The summed E-state index contributed by atoms with van der Waals surface area (Å²) in [6, 6.07) is 9.94. The van der Waals surface area contributed by atoms with E-state index in [1.807, 2.05) is 26.0 Å². The van der Waals surface area contributed by atoms with E-state index < -0.39 is 0 Å². The molecule has 0 bridgehead atoms. The highest BCUT2D eigenvalue weighted by Gasteiger charge is 2.22. The number of pyridine rings is 2. The molecular formula is C24H29N3O2. The van der Waals surface area contributed by atoms with Gasteiger partial charge in [0.25, 0.3) is 0 Å². The Morgan fingerprint density at radius 1 is 1.14 bits per heavy atom. The van der Waals surface area contributed by atoms with Gasteiger partial charge in [-0.2, -0.15) is 0 Å². The molecule has 1 saturated heterocycles. The highest BCUT2D eigenvalue weighted by atomic mass is 16.3. The summed E-state index contributed by atoms with van der Waals surface area (Å²) in [6.07, 6.45) is 2.88. The summed E-state index contributed by atoms with van der Waals surface area (Å²) < 4.78 is 0. The molecule has 4 rings (SSSR count). The lowest BCUT2D eigenvalue weighted by Gasteiger charge is -2.29. The molecule has 2 aromatic heterocycles. The van der Waals surface area contributed by atoms with Crippen molar-refractivity contribution in [3.63, 3.8) is 0 Å². The molecule has 3 aromatic rings. The van der Waals surface area contributed by atoms with E-state index in [1.165, 1.54) is 6.42 Å². The molecule has 1 aliphatic rings. The molecule has 0 unspecified atom stereocenters. The van der Waals surface area contributed by atoms with E-state index in [0.29, 0.717) is 18.0 Å². The summed E-state index contributed by atoms with van der Waals surface area (Å²) in [6.45, 7) is 6.19.